The summed E-state index contributed by atoms with van der Waals surface area (Å²) in [7, 11) is 0. The van der Waals surface area contributed by atoms with Gasteiger partial charge in [-0.2, -0.15) is 0 Å². The normalized spacial score (nSPS) is 12.3. The van der Waals surface area contributed by atoms with E-state index in [2.05, 4.69) is 9.97 Å². The first-order chi connectivity index (χ1) is 13.9. The number of nitrogens with zero attached hydrogens (tertiary/aromatic N) is 2. The van der Waals surface area contributed by atoms with Crippen LogP contribution in [0.2, 0.25) is 10.0 Å². The van der Waals surface area contributed by atoms with E-state index < -0.39 is 5.97 Å². The van der Waals surface area contributed by atoms with Crippen molar-refractivity contribution in [2.75, 3.05) is 6.54 Å². The van der Waals surface area contributed by atoms with Gasteiger partial charge in [0, 0.05) is 35.5 Å². The monoisotopic (exact) mass is 435 g/mol. The molecule has 2 N–H and O–H groups in total. The Balaban J connectivity index is 1.93. The van der Waals surface area contributed by atoms with Gasteiger partial charge in [0.25, 0.3) is 0 Å². The smallest absolute Gasteiger partial charge is 0.304 e. The van der Waals surface area contributed by atoms with E-state index in [4.69, 9.17) is 23.2 Å². The summed E-state index contributed by atoms with van der Waals surface area (Å²) in [6.45, 7) is 0.635. The lowest BCUT2D eigenvalue weighted by Gasteiger charge is -2.30. The van der Waals surface area contributed by atoms with E-state index >= 15 is 0 Å². The van der Waals surface area contributed by atoms with E-state index in [1.54, 1.807) is 24.5 Å². The van der Waals surface area contributed by atoms with Crippen LogP contribution in [0.15, 0.2) is 54.9 Å². The number of rotatable bonds is 9. The summed E-state index contributed by atoms with van der Waals surface area (Å²) in [6, 6.07) is 11.3. The molecule has 3 aromatic rings. The number of halogens is 3. The molecule has 1 unspecified atom stereocenters. The fraction of sp³-hybridized carbons (Fsp3) is 0.238. The summed E-state index contributed by atoms with van der Waals surface area (Å²) < 4.78 is 13.7. The molecule has 0 saturated carbocycles. The minimum Gasteiger partial charge on any atom is -0.481 e. The van der Waals surface area contributed by atoms with Gasteiger partial charge in [0.2, 0.25) is 0 Å². The largest absolute Gasteiger partial charge is 0.481 e. The van der Waals surface area contributed by atoms with Crippen molar-refractivity contribution in [2.45, 2.75) is 25.4 Å². The van der Waals surface area contributed by atoms with E-state index in [-0.39, 0.29) is 24.8 Å². The van der Waals surface area contributed by atoms with Gasteiger partial charge < -0.3 is 10.1 Å². The zero-order valence-corrected chi connectivity index (χ0v) is 17.0. The number of nitrogens with one attached hydrogen (secondary N) is 1. The van der Waals surface area contributed by atoms with Gasteiger partial charge >= 0.3 is 5.97 Å². The fourth-order valence-corrected chi connectivity index (χ4v) is 3.84. The molecule has 0 radical (unpaired) electrons. The minimum atomic E-state index is -0.904. The SMILES string of the molecule is O=C(O)CCN(Cc1cccc(F)c1)C(Cc1cc(Cl)cc(Cl)c1)c1ncc[nH]1. The second kappa shape index (κ2) is 9.87. The van der Waals surface area contributed by atoms with Crippen molar-refractivity contribution in [3.63, 3.8) is 0 Å². The molecule has 0 aliphatic carbocycles. The zero-order chi connectivity index (χ0) is 20.8. The molecule has 1 heterocycles. The Morgan fingerprint density at radius 2 is 1.93 bits per heavy atom. The number of imidazole rings is 1. The van der Waals surface area contributed by atoms with Crippen LogP contribution in [0, 0.1) is 5.82 Å². The van der Waals surface area contributed by atoms with Gasteiger partial charge in [0.1, 0.15) is 11.6 Å². The molecule has 0 amide bonds. The zero-order valence-electron chi connectivity index (χ0n) is 15.5. The third-order valence-electron chi connectivity index (χ3n) is 4.51. The lowest BCUT2D eigenvalue weighted by Crippen LogP contribution is -2.32. The molecule has 0 bridgehead atoms. The summed E-state index contributed by atoms with van der Waals surface area (Å²) in [5.41, 5.74) is 1.64. The van der Waals surface area contributed by atoms with E-state index in [0.717, 1.165) is 11.1 Å². The summed E-state index contributed by atoms with van der Waals surface area (Å²) >= 11 is 12.3. The Morgan fingerprint density at radius 3 is 2.55 bits per heavy atom. The minimum absolute atomic E-state index is 0.0528. The van der Waals surface area contributed by atoms with Crippen molar-refractivity contribution < 1.29 is 14.3 Å². The predicted octanol–water partition coefficient (Wildman–Crippen LogP) is 5.12. The maximum absolute atomic E-state index is 13.7. The molecule has 3 rings (SSSR count). The van der Waals surface area contributed by atoms with Crippen molar-refractivity contribution in [1.82, 2.24) is 14.9 Å². The number of carboxylic acids is 1. The van der Waals surface area contributed by atoms with E-state index in [9.17, 15) is 14.3 Å². The highest BCUT2D eigenvalue weighted by molar-refractivity contribution is 6.34. The summed E-state index contributed by atoms with van der Waals surface area (Å²) in [4.78, 5) is 20.7. The number of aromatic nitrogens is 2. The molecule has 29 heavy (non-hydrogen) atoms. The molecule has 0 aliphatic rings. The van der Waals surface area contributed by atoms with Crippen LogP contribution in [0.5, 0.6) is 0 Å². The molecule has 152 valence electrons. The summed E-state index contributed by atoms with van der Waals surface area (Å²) in [5.74, 6) is -0.557. The van der Waals surface area contributed by atoms with Crippen LogP contribution in [0.25, 0.3) is 0 Å². The Morgan fingerprint density at radius 1 is 1.17 bits per heavy atom. The molecule has 8 heteroatoms. The van der Waals surface area contributed by atoms with Crippen molar-refractivity contribution in [1.29, 1.82) is 0 Å². The number of aromatic amines is 1. The van der Waals surface area contributed by atoms with Crippen LogP contribution in [0.4, 0.5) is 4.39 Å². The number of benzene rings is 2. The first-order valence-corrected chi connectivity index (χ1v) is 9.81. The molecule has 0 spiro atoms. The summed E-state index contributed by atoms with van der Waals surface area (Å²) in [6.07, 6.45) is 3.81. The second-order valence-corrected chi connectivity index (χ2v) is 7.59. The van der Waals surface area contributed by atoms with E-state index in [1.807, 2.05) is 23.1 Å². The predicted molar refractivity (Wildman–Crippen MR) is 111 cm³/mol. The highest BCUT2D eigenvalue weighted by Crippen LogP contribution is 2.28. The van der Waals surface area contributed by atoms with Crippen LogP contribution in [-0.4, -0.2) is 32.5 Å². The van der Waals surface area contributed by atoms with Crippen molar-refractivity contribution in [3.8, 4) is 0 Å². The van der Waals surface area contributed by atoms with Crippen LogP contribution in [0.1, 0.15) is 29.4 Å². The highest BCUT2D eigenvalue weighted by atomic mass is 35.5. The molecule has 5 nitrogen and oxygen atoms in total. The van der Waals surface area contributed by atoms with E-state index in [1.165, 1.54) is 12.1 Å². The van der Waals surface area contributed by atoms with Gasteiger partial charge in [0.15, 0.2) is 0 Å². The number of carboxylic acid groups (broad SMARTS) is 1. The topological polar surface area (TPSA) is 69.2 Å². The summed E-state index contributed by atoms with van der Waals surface area (Å²) in [5, 5.41) is 10.2. The quantitative estimate of drug-likeness (QED) is 0.489. The first kappa shape index (κ1) is 21.3. The van der Waals surface area contributed by atoms with Crippen molar-refractivity contribution in [2.24, 2.45) is 0 Å². The number of carbonyl (C=O) groups is 1. The third-order valence-corrected chi connectivity index (χ3v) is 4.95. The van der Waals surface area contributed by atoms with Crippen LogP contribution < -0.4 is 0 Å². The van der Waals surface area contributed by atoms with E-state index in [0.29, 0.717) is 28.8 Å². The lowest BCUT2D eigenvalue weighted by atomic mass is 10.0. The molecule has 0 saturated heterocycles. The van der Waals surface area contributed by atoms with Gasteiger partial charge in [-0.15, -0.1) is 0 Å². The average molecular weight is 436 g/mol. The molecular weight excluding hydrogens is 416 g/mol. The van der Waals surface area contributed by atoms with Gasteiger partial charge in [-0.05, 0) is 47.9 Å². The van der Waals surface area contributed by atoms with Crippen LogP contribution in [0.3, 0.4) is 0 Å². The molecular formula is C21H20Cl2FN3O2. The highest BCUT2D eigenvalue weighted by Gasteiger charge is 2.24. The Hall–Kier alpha value is -2.41. The molecule has 1 atom stereocenters. The Labute approximate surface area is 178 Å². The van der Waals surface area contributed by atoms with Crippen LogP contribution >= 0.6 is 23.2 Å². The van der Waals surface area contributed by atoms with Gasteiger partial charge in [-0.1, -0.05) is 35.3 Å². The van der Waals surface area contributed by atoms with Gasteiger partial charge in [0.05, 0.1) is 12.5 Å². The number of aliphatic carboxylic acids is 1. The molecule has 2 aromatic carbocycles. The Kier molecular flexibility index (Phi) is 7.25. The Bertz CT molecular complexity index is 946. The third kappa shape index (κ3) is 6.29. The number of hydrogen-bond donors (Lipinski definition) is 2. The van der Waals surface area contributed by atoms with Crippen LogP contribution in [-0.2, 0) is 17.8 Å². The molecule has 1 aromatic heterocycles. The van der Waals surface area contributed by atoms with Crippen molar-refractivity contribution >= 4 is 29.2 Å². The fourth-order valence-electron chi connectivity index (χ4n) is 3.26. The molecule has 0 fully saturated rings. The maximum atomic E-state index is 13.7. The average Bonchev–Trinajstić information content (AvgIpc) is 3.17. The van der Waals surface area contributed by atoms with Crippen molar-refractivity contribution in [3.05, 3.63) is 87.7 Å². The maximum Gasteiger partial charge on any atom is 0.304 e. The standard InChI is InChI=1S/C21H20Cl2FN3O2/c22-16-8-15(9-17(23)12-16)11-19(21-25-5-6-26-21)27(7-4-20(28)29)13-14-2-1-3-18(24)10-14/h1-3,5-6,8-10,12,19H,4,7,11,13H2,(H,25,26)(H,28,29). The number of hydrogen-bond acceptors (Lipinski definition) is 3. The van der Waals surface area contributed by atoms with Gasteiger partial charge in [-0.3, -0.25) is 9.69 Å². The molecule has 0 aliphatic heterocycles. The lowest BCUT2D eigenvalue weighted by molar-refractivity contribution is -0.137. The number of H-pyrrole nitrogens is 1. The first-order valence-electron chi connectivity index (χ1n) is 9.05. The van der Waals surface area contributed by atoms with Gasteiger partial charge in [-0.25, -0.2) is 9.37 Å². The second-order valence-electron chi connectivity index (χ2n) is 6.72.